The fraction of sp³-hybridized carbons (Fsp3) is 0.647. The standard InChI is InChI=1S/C17H27N5O5S/c1-28(2,3)7-6-25-11-22-14(23)10-26-16-15(22)20-13(8-19-16)21-9-12(4-5-18)27-17(21)24/h8,12H,4-7,9-11,18H2,1-3H3. The molecule has 0 aliphatic carbocycles. The molecular weight excluding hydrogens is 386 g/mol. The van der Waals surface area contributed by atoms with Gasteiger partial charge in [0.2, 0.25) is 5.82 Å². The first kappa shape index (κ1) is 20.6. The van der Waals surface area contributed by atoms with Gasteiger partial charge in [-0.25, -0.2) is 24.8 Å². The molecule has 11 heteroatoms. The number of rotatable bonds is 8. The summed E-state index contributed by atoms with van der Waals surface area (Å²) in [4.78, 5) is 35.9. The monoisotopic (exact) mass is 413 g/mol. The normalized spacial score (nSPS) is 20.1. The number of hydrogen-bond donors (Lipinski definition) is 1. The lowest BCUT2D eigenvalue weighted by molar-refractivity contribution is -0.122. The predicted molar refractivity (Wildman–Crippen MR) is 107 cm³/mol. The van der Waals surface area contributed by atoms with E-state index < -0.39 is 16.1 Å². The lowest BCUT2D eigenvalue weighted by Gasteiger charge is -2.29. The number of carbonyl (C=O) groups is 2. The number of hydrogen-bond acceptors (Lipinski definition) is 8. The summed E-state index contributed by atoms with van der Waals surface area (Å²) in [5, 5.41) is 0. The van der Waals surface area contributed by atoms with Crippen LogP contribution in [0.3, 0.4) is 0 Å². The van der Waals surface area contributed by atoms with Crippen molar-refractivity contribution in [3.63, 3.8) is 0 Å². The highest BCUT2D eigenvalue weighted by Crippen LogP contribution is 2.34. The van der Waals surface area contributed by atoms with Crippen LogP contribution in [0.4, 0.5) is 16.4 Å². The molecule has 28 heavy (non-hydrogen) atoms. The van der Waals surface area contributed by atoms with Gasteiger partial charge >= 0.3 is 6.09 Å². The van der Waals surface area contributed by atoms with E-state index in [2.05, 4.69) is 28.7 Å². The number of nitrogens with two attached hydrogens (primary N) is 1. The van der Waals surface area contributed by atoms with Gasteiger partial charge in [-0.15, -0.1) is 0 Å². The molecule has 2 N–H and O–H groups in total. The second kappa shape index (κ2) is 8.50. The van der Waals surface area contributed by atoms with Crippen molar-refractivity contribution in [3.05, 3.63) is 6.20 Å². The molecule has 0 spiro atoms. The minimum atomic E-state index is -0.683. The first-order valence-corrected chi connectivity index (χ1v) is 12.0. The van der Waals surface area contributed by atoms with Crippen LogP contribution in [0.5, 0.6) is 5.88 Å². The number of ether oxygens (including phenoxy) is 3. The van der Waals surface area contributed by atoms with E-state index in [4.69, 9.17) is 19.9 Å². The molecule has 0 bridgehead atoms. The summed E-state index contributed by atoms with van der Waals surface area (Å²) in [5.74, 6) is 1.44. The predicted octanol–water partition coefficient (Wildman–Crippen LogP) is 0.544. The third-order valence-electron chi connectivity index (χ3n) is 4.30. The molecule has 2 aliphatic rings. The molecule has 1 unspecified atom stereocenters. The Bertz CT molecular complexity index is 741. The summed E-state index contributed by atoms with van der Waals surface area (Å²) >= 11 is 0. The molecule has 1 aromatic rings. The Morgan fingerprint density at radius 1 is 1.36 bits per heavy atom. The molecule has 1 saturated heterocycles. The van der Waals surface area contributed by atoms with Crippen LogP contribution in [-0.4, -0.2) is 85.6 Å². The third-order valence-corrected chi connectivity index (χ3v) is 5.69. The molecule has 10 nitrogen and oxygen atoms in total. The van der Waals surface area contributed by atoms with Crippen LogP contribution >= 0.6 is 10.0 Å². The largest absolute Gasteiger partial charge is 0.465 e. The van der Waals surface area contributed by atoms with Crippen LogP contribution in [0.25, 0.3) is 0 Å². The van der Waals surface area contributed by atoms with Gasteiger partial charge in [-0.05, 0) is 31.7 Å². The van der Waals surface area contributed by atoms with Crippen LogP contribution in [0.1, 0.15) is 6.42 Å². The van der Waals surface area contributed by atoms with E-state index in [0.717, 1.165) is 5.75 Å². The van der Waals surface area contributed by atoms with Gasteiger partial charge in [-0.2, -0.15) is 0 Å². The molecule has 3 heterocycles. The van der Waals surface area contributed by atoms with E-state index in [0.29, 0.717) is 31.9 Å². The van der Waals surface area contributed by atoms with Crippen molar-refractivity contribution in [2.45, 2.75) is 12.5 Å². The Morgan fingerprint density at radius 3 is 2.86 bits per heavy atom. The number of nitrogens with zero attached hydrogens (tertiary/aromatic N) is 4. The Hall–Kier alpha value is -2.11. The Morgan fingerprint density at radius 2 is 2.14 bits per heavy atom. The summed E-state index contributed by atoms with van der Waals surface area (Å²) in [6, 6.07) is 0. The smallest absolute Gasteiger partial charge is 0.415 e. The zero-order valence-corrected chi connectivity index (χ0v) is 17.2. The third kappa shape index (κ3) is 4.83. The number of anilines is 2. The van der Waals surface area contributed by atoms with Gasteiger partial charge < -0.3 is 19.9 Å². The maximum Gasteiger partial charge on any atom is 0.415 e. The summed E-state index contributed by atoms with van der Waals surface area (Å²) in [6.07, 6.45) is 7.82. The van der Waals surface area contributed by atoms with E-state index in [9.17, 15) is 9.59 Å². The zero-order valence-electron chi connectivity index (χ0n) is 16.4. The van der Waals surface area contributed by atoms with Crippen LogP contribution in [0.2, 0.25) is 0 Å². The van der Waals surface area contributed by atoms with E-state index in [1.54, 1.807) is 0 Å². The Labute approximate surface area is 165 Å². The lowest BCUT2D eigenvalue weighted by atomic mass is 10.2. The van der Waals surface area contributed by atoms with E-state index in [-0.39, 0.29) is 37.0 Å². The molecule has 1 fully saturated rings. The highest BCUT2D eigenvalue weighted by atomic mass is 32.3. The average molecular weight is 414 g/mol. The first-order chi connectivity index (χ1) is 13.3. The van der Waals surface area contributed by atoms with Crippen LogP contribution in [0, 0.1) is 0 Å². The molecule has 2 amide bonds. The number of fused-ring (bicyclic) bond motifs is 1. The second-order valence-electron chi connectivity index (χ2n) is 7.49. The summed E-state index contributed by atoms with van der Waals surface area (Å²) < 4.78 is 16.3. The van der Waals surface area contributed by atoms with Crippen molar-refractivity contribution in [1.29, 1.82) is 0 Å². The zero-order chi connectivity index (χ0) is 20.3. The van der Waals surface area contributed by atoms with E-state index >= 15 is 0 Å². The average Bonchev–Trinajstić information content (AvgIpc) is 2.99. The topological polar surface area (TPSA) is 120 Å². The molecule has 0 radical (unpaired) electrons. The summed E-state index contributed by atoms with van der Waals surface area (Å²) in [7, 11) is -0.683. The van der Waals surface area contributed by atoms with E-state index in [1.807, 2.05) is 0 Å². The van der Waals surface area contributed by atoms with Crippen LogP contribution < -0.4 is 20.3 Å². The van der Waals surface area contributed by atoms with Crippen molar-refractivity contribution < 1.29 is 23.8 Å². The van der Waals surface area contributed by atoms with Gasteiger partial charge in [0.25, 0.3) is 11.8 Å². The molecular formula is C17H27N5O5S. The number of carbonyl (C=O) groups excluding carboxylic acids is 2. The Balaban J connectivity index is 1.73. The Kier molecular flexibility index (Phi) is 6.26. The van der Waals surface area contributed by atoms with Crippen molar-refractivity contribution in [2.24, 2.45) is 5.73 Å². The van der Waals surface area contributed by atoms with Gasteiger partial charge in [-0.1, -0.05) is 0 Å². The van der Waals surface area contributed by atoms with Crippen molar-refractivity contribution >= 4 is 33.7 Å². The van der Waals surface area contributed by atoms with Crippen LogP contribution in [0.15, 0.2) is 6.20 Å². The minimum Gasteiger partial charge on any atom is -0.465 e. The van der Waals surface area contributed by atoms with Gasteiger partial charge in [0.05, 0.1) is 19.3 Å². The SMILES string of the molecule is CS(C)(C)CCOCN1C(=O)COc2ncc(N3CC(CCN)OC3=O)nc21. The van der Waals surface area contributed by atoms with Crippen LogP contribution in [-0.2, 0) is 14.3 Å². The van der Waals surface area contributed by atoms with Crippen molar-refractivity contribution in [2.75, 3.05) is 67.4 Å². The molecule has 1 aromatic heterocycles. The van der Waals surface area contributed by atoms with Crippen molar-refractivity contribution in [1.82, 2.24) is 9.97 Å². The number of cyclic esters (lactones) is 1. The summed E-state index contributed by atoms with van der Waals surface area (Å²) in [5.41, 5.74) is 5.54. The quantitative estimate of drug-likeness (QED) is 0.613. The first-order valence-electron chi connectivity index (χ1n) is 9.00. The molecule has 1 atom stereocenters. The molecule has 0 aromatic carbocycles. The van der Waals surface area contributed by atoms with Gasteiger partial charge in [-0.3, -0.25) is 14.6 Å². The van der Waals surface area contributed by atoms with Gasteiger partial charge in [0.15, 0.2) is 12.4 Å². The number of aromatic nitrogens is 2. The highest BCUT2D eigenvalue weighted by Gasteiger charge is 2.35. The minimum absolute atomic E-state index is 0.0586. The molecule has 0 saturated carbocycles. The molecule has 2 aliphatic heterocycles. The van der Waals surface area contributed by atoms with E-state index in [1.165, 1.54) is 16.0 Å². The fourth-order valence-electron chi connectivity index (χ4n) is 2.74. The van der Waals surface area contributed by atoms with Gasteiger partial charge in [0, 0.05) is 5.75 Å². The molecule has 156 valence electrons. The van der Waals surface area contributed by atoms with Gasteiger partial charge in [0.1, 0.15) is 12.8 Å². The second-order valence-corrected chi connectivity index (χ2v) is 12.1. The van der Waals surface area contributed by atoms with Crippen molar-refractivity contribution in [3.8, 4) is 5.88 Å². The maximum absolute atomic E-state index is 12.3. The maximum atomic E-state index is 12.3. The fourth-order valence-corrected chi connectivity index (χ4v) is 3.35. The lowest BCUT2D eigenvalue weighted by Crippen LogP contribution is -2.42. The highest BCUT2D eigenvalue weighted by molar-refractivity contribution is 8.32. The number of amides is 2. The summed E-state index contributed by atoms with van der Waals surface area (Å²) in [6.45, 7) is 1.24. The molecule has 3 rings (SSSR count).